The molecule has 0 amide bonds. The van der Waals surface area contributed by atoms with E-state index < -0.39 is 0 Å². The molecule has 1 heterocycles. The van der Waals surface area contributed by atoms with Gasteiger partial charge in [0.15, 0.2) is 0 Å². The first-order valence-electron chi connectivity index (χ1n) is 6.30. The molecule has 0 spiro atoms. The third kappa shape index (κ3) is 3.46. The second kappa shape index (κ2) is 5.59. The number of ether oxygens (including phenoxy) is 1. The van der Waals surface area contributed by atoms with Crippen molar-refractivity contribution in [3.8, 4) is 5.75 Å². The van der Waals surface area contributed by atoms with Gasteiger partial charge in [-0.2, -0.15) is 0 Å². The normalized spacial score (nSPS) is 19.8. The van der Waals surface area contributed by atoms with Crippen LogP contribution in [0.15, 0.2) is 22.7 Å². The Labute approximate surface area is 118 Å². The van der Waals surface area contributed by atoms with Crippen molar-refractivity contribution in [2.45, 2.75) is 25.9 Å². The lowest BCUT2D eigenvalue weighted by Crippen LogP contribution is -2.56. The maximum absolute atomic E-state index is 5.29. The van der Waals surface area contributed by atoms with Gasteiger partial charge in [-0.15, -0.1) is 0 Å². The van der Waals surface area contributed by atoms with E-state index >= 15 is 0 Å². The third-order valence-corrected chi connectivity index (χ3v) is 4.07. The van der Waals surface area contributed by atoms with Crippen molar-refractivity contribution < 1.29 is 4.74 Å². The van der Waals surface area contributed by atoms with Crippen molar-refractivity contribution in [1.82, 2.24) is 10.2 Å². The molecule has 1 aromatic rings. The molecule has 0 atom stereocenters. The molecule has 0 radical (unpaired) electrons. The smallest absolute Gasteiger partial charge is 0.119 e. The van der Waals surface area contributed by atoms with Crippen LogP contribution in [-0.2, 0) is 6.54 Å². The Hall–Kier alpha value is -0.580. The third-order valence-electron chi connectivity index (χ3n) is 3.30. The van der Waals surface area contributed by atoms with Crippen molar-refractivity contribution >= 4 is 15.9 Å². The van der Waals surface area contributed by atoms with Gasteiger partial charge in [-0.05, 0) is 37.6 Å². The van der Waals surface area contributed by atoms with E-state index in [1.165, 1.54) is 5.56 Å². The molecule has 4 heteroatoms. The van der Waals surface area contributed by atoms with E-state index in [1.807, 2.05) is 6.07 Å². The van der Waals surface area contributed by atoms with Crippen molar-refractivity contribution in [3.05, 3.63) is 28.2 Å². The molecule has 18 heavy (non-hydrogen) atoms. The summed E-state index contributed by atoms with van der Waals surface area (Å²) < 4.78 is 6.44. The fourth-order valence-electron chi connectivity index (χ4n) is 2.42. The van der Waals surface area contributed by atoms with E-state index in [-0.39, 0.29) is 5.54 Å². The molecule has 1 aliphatic heterocycles. The van der Waals surface area contributed by atoms with Gasteiger partial charge < -0.3 is 10.1 Å². The minimum absolute atomic E-state index is 0.198. The van der Waals surface area contributed by atoms with Crippen LogP contribution in [0.2, 0.25) is 0 Å². The zero-order chi connectivity index (χ0) is 13.2. The lowest BCUT2D eigenvalue weighted by molar-refractivity contribution is 0.148. The Morgan fingerprint density at radius 3 is 2.89 bits per heavy atom. The first-order valence-corrected chi connectivity index (χ1v) is 7.09. The number of benzene rings is 1. The standard InChI is InChI=1S/C14H21BrN2O/c1-14(2)10-17(7-6-16-14)9-11-8-12(18-3)4-5-13(11)15/h4-5,8,16H,6-7,9-10H2,1-3H3. The predicted molar refractivity (Wildman–Crippen MR) is 78.1 cm³/mol. The molecule has 1 aliphatic rings. The predicted octanol–water partition coefficient (Wildman–Crippen LogP) is 2.64. The van der Waals surface area contributed by atoms with Gasteiger partial charge in [0.2, 0.25) is 0 Å². The number of nitrogens with one attached hydrogen (secondary N) is 1. The van der Waals surface area contributed by atoms with Crippen LogP contribution in [0.25, 0.3) is 0 Å². The van der Waals surface area contributed by atoms with Gasteiger partial charge in [0.05, 0.1) is 7.11 Å². The van der Waals surface area contributed by atoms with Crippen molar-refractivity contribution in [3.63, 3.8) is 0 Å². The lowest BCUT2D eigenvalue weighted by Gasteiger charge is -2.39. The molecule has 0 aromatic heterocycles. The minimum atomic E-state index is 0.198. The van der Waals surface area contributed by atoms with E-state index in [0.717, 1.165) is 36.4 Å². The van der Waals surface area contributed by atoms with E-state index in [4.69, 9.17) is 4.74 Å². The summed E-state index contributed by atoms with van der Waals surface area (Å²) in [4.78, 5) is 2.48. The zero-order valence-electron chi connectivity index (χ0n) is 11.3. The molecule has 0 unspecified atom stereocenters. The Morgan fingerprint density at radius 1 is 1.44 bits per heavy atom. The van der Waals surface area contributed by atoms with Crippen LogP contribution in [0.3, 0.4) is 0 Å². The quantitative estimate of drug-likeness (QED) is 0.928. The Morgan fingerprint density at radius 2 is 2.22 bits per heavy atom. The SMILES string of the molecule is COc1ccc(Br)c(CN2CCNC(C)(C)C2)c1. The number of nitrogens with zero attached hydrogens (tertiary/aromatic N) is 1. The zero-order valence-corrected chi connectivity index (χ0v) is 12.9. The largest absolute Gasteiger partial charge is 0.497 e. The maximum atomic E-state index is 5.29. The summed E-state index contributed by atoms with van der Waals surface area (Å²) in [5, 5.41) is 3.53. The monoisotopic (exact) mass is 312 g/mol. The molecule has 1 saturated heterocycles. The molecule has 1 N–H and O–H groups in total. The van der Waals surface area contributed by atoms with Gasteiger partial charge in [0.1, 0.15) is 5.75 Å². The molecule has 0 saturated carbocycles. The van der Waals surface area contributed by atoms with Gasteiger partial charge in [-0.25, -0.2) is 0 Å². The average molecular weight is 313 g/mol. The Balaban J connectivity index is 2.09. The van der Waals surface area contributed by atoms with E-state index in [1.54, 1.807) is 7.11 Å². The van der Waals surface area contributed by atoms with Crippen LogP contribution < -0.4 is 10.1 Å². The van der Waals surface area contributed by atoms with Crippen LogP contribution in [0.5, 0.6) is 5.75 Å². The number of halogens is 1. The molecule has 0 aliphatic carbocycles. The number of methoxy groups -OCH3 is 1. The van der Waals surface area contributed by atoms with E-state index in [2.05, 4.69) is 52.1 Å². The van der Waals surface area contributed by atoms with Gasteiger partial charge in [0.25, 0.3) is 0 Å². The topological polar surface area (TPSA) is 24.5 Å². The summed E-state index contributed by atoms with van der Waals surface area (Å²) in [7, 11) is 1.71. The molecule has 1 aromatic carbocycles. The van der Waals surface area contributed by atoms with Crippen molar-refractivity contribution in [2.24, 2.45) is 0 Å². The summed E-state index contributed by atoms with van der Waals surface area (Å²) in [6.07, 6.45) is 0. The highest BCUT2D eigenvalue weighted by atomic mass is 79.9. The van der Waals surface area contributed by atoms with E-state index in [0.29, 0.717) is 0 Å². The number of hydrogen-bond donors (Lipinski definition) is 1. The number of hydrogen-bond acceptors (Lipinski definition) is 3. The summed E-state index contributed by atoms with van der Waals surface area (Å²) in [6.45, 7) is 8.67. The van der Waals surface area contributed by atoms with E-state index in [9.17, 15) is 0 Å². The molecule has 3 nitrogen and oxygen atoms in total. The highest BCUT2D eigenvalue weighted by molar-refractivity contribution is 9.10. The molecular formula is C14H21BrN2O. The van der Waals surface area contributed by atoms with Gasteiger partial charge >= 0.3 is 0 Å². The summed E-state index contributed by atoms with van der Waals surface area (Å²) in [5.41, 5.74) is 1.48. The first-order chi connectivity index (χ1) is 8.50. The van der Waals surface area contributed by atoms with Gasteiger partial charge in [-0.1, -0.05) is 15.9 Å². The summed E-state index contributed by atoms with van der Waals surface area (Å²) in [5.74, 6) is 0.919. The Kier molecular flexibility index (Phi) is 4.30. The van der Waals surface area contributed by atoms with Crippen molar-refractivity contribution in [1.29, 1.82) is 0 Å². The fraction of sp³-hybridized carbons (Fsp3) is 0.571. The Bertz CT molecular complexity index is 420. The average Bonchev–Trinajstić information content (AvgIpc) is 2.31. The second-order valence-electron chi connectivity index (χ2n) is 5.48. The van der Waals surface area contributed by atoms with Crippen LogP contribution >= 0.6 is 15.9 Å². The number of piperazine rings is 1. The molecule has 1 fully saturated rings. The summed E-state index contributed by atoms with van der Waals surface area (Å²) in [6, 6.07) is 6.15. The van der Waals surface area contributed by atoms with Crippen LogP contribution in [-0.4, -0.2) is 37.2 Å². The number of rotatable bonds is 3. The fourth-order valence-corrected chi connectivity index (χ4v) is 2.79. The van der Waals surface area contributed by atoms with Crippen LogP contribution in [0.4, 0.5) is 0 Å². The maximum Gasteiger partial charge on any atom is 0.119 e. The summed E-state index contributed by atoms with van der Waals surface area (Å²) >= 11 is 3.62. The highest BCUT2D eigenvalue weighted by Crippen LogP contribution is 2.24. The molecular weight excluding hydrogens is 292 g/mol. The van der Waals surface area contributed by atoms with Gasteiger partial charge in [0, 0.05) is 36.2 Å². The van der Waals surface area contributed by atoms with Gasteiger partial charge in [-0.3, -0.25) is 4.90 Å². The molecule has 100 valence electrons. The minimum Gasteiger partial charge on any atom is -0.497 e. The second-order valence-corrected chi connectivity index (χ2v) is 6.33. The highest BCUT2D eigenvalue weighted by Gasteiger charge is 2.25. The van der Waals surface area contributed by atoms with Crippen molar-refractivity contribution in [2.75, 3.05) is 26.7 Å². The van der Waals surface area contributed by atoms with Crippen LogP contribution in [0, 0.1) is 0 Å². The molecule has 2 rings (SSSR count). The lowest BCUT2D eigenvalue weighted by atomic mass is 10.0. The van der Waals surface area contributed by atoms with Crippen LogP contribution in [0.1, 0.15) is 19.4 Å². The first kappa shape index (κ1) is 13.8. The molecule has 0 bridgehead atoms.